The highest BCUT2D eigenvalue weighted by molar-refractivity contribution is 6.31. The molecule has 0 aliphatic rings. The SMILES string of the molecule is COc1ccc(Cl)cc1C(=O)NN=Cc1cc(OC)c(O)c(OC)c1. The molecule has 7 nitrogen and oxygen atoms in total. The van der Waals surface area contributed by atoms with Crippen LogP contribution in [0.3, 0.4) is 0 Å². The van der Waals surface area contributed by atoms with Crippen LogP contribution in [-0.2, 0) is 0 Å². The number of hydrogen-bond acceptors (Lipinski definition) is 6. The molecule has 0 saturated heterocycles. The van der Waals surface area contributed by atoms with Gasteiger partial charge in [-0.2, -0.15) is 5.10 Å². The van der Waals surface area contributed by atoms with Crippen LogP contribution >= 0.6 is 11.6 Å². The zero-order chi connectivity index (χ0) is 18.4. The molecule has 0 bridgehead atoms. The van der Waals surface area contributed by atoms with Crippen LogP contribution in [-0.4, -0.2) is 38.6 Å². The Kier molecular flexibility index (Phi) is 6.08. The van der Waals surface area contributed by atoms with E-state index < -0.39 is 5.91 Å². The number of ether oxygens (including phenoxy) is 3. The lowest BCUT2D eigenvalue weighted by Crippen LogP contribution is -2.18. The van der Waals surface area contributed by atoms with Gasteiger partial charge in [-0.1, -0.05) is 11.6 Å². The summed E-state index contributed by atoms with van der Waals surface area (Å²) in [6.07, 6.45) is 1.39. The fraction of sp³-hybridized carbons (Fsp3) is 0.176. The molecule has 0 spiro atoms. The molecule has 0 saturated carbocycles. The van der Waals surface area contributed by atoms with E-state index in [1.54, 1.807) is 24.3 Å². The van der Waals surface area contributed by atoms with E-state index >= 15 is 0 Å². The Balaban J connectivity index is 2.18. The number of nitrogens with zero attached hydrogens (tertiary/aromatic N) is 1. The number of hydrogen-bond donors (Lipinski definition) is 2. The molecule has 2 N–H and O–H groups in total. The molecule has 25 heavy (non-hydrogen) atoms. The topological polar surface area (TPSA) is 89.4 Å². The minimum Gasteiger partial charge on any atom is -0.502 e. The van der Waals surface area contributed by atoms with Gasteiger partial charge in [0.25, 0.3) is 5.91 Å². The predicted molar refractivity (Wildman–Crippen MR) is 94.3 cm³/mol. The van der Waals surface area contributed by atoms with E-state index in [0.29, 0.717) is 16.3 Å². The second kappa shape index (κ2) is 8.25. The summed E-state index contributed by atoms with van der Waals surface area (Å²) in [6, 6.07) is 7.80. The smallest absolute Gasteiger partial charge is 0.275 e. The summed E-state index contributed by atoms with van der Waals surface area (Å²) in [5.41, 5.74) is 3.20. The Morgan fingerprint density at radius 3 is 2.24 bits per heavy atom. The number of methoxy groups -OCH3 is 3. The van der Waals surface area contributed by atoms with Gasteiger partial charge in [0, 0.05) is 10.6 Å². The van der Waals surface area contributed by atoms with Crippen molar-refractivity contribution in [1.29, 1.82) is 0 Å². The lowest BCUT2D eigenvalue weighted by molar-refractivity contribution is 0.0952. The first kappa shape index (κ1) is 18.4. The largest absolute Gasteiger partial charge is 0.502 e. The maximum absolute atomic E-state index is 12.2. The number of halogens is 1. The third kappa shape index (κ3) is 4.33. The first-order chi connectivity index (χ1) is 12.0. The van der Waals surface area contributed by atoms with Crippen molar-refractivity contribution in [3.63, 3.8) is 0 Å². The second-order valence-electron chi connectivity index (χ2n) is 4.82. The molecular formula is C17H17ClN2O5. The van der Waals surface area contributed by atoms with E-state index in [1.807, 2.05) is 0 Å². The molecule has 0 atom stereocenters. The van der Waals surface area contributed by atoms with Gasteiger partial charge in [0.1, 0.15) is 5.75 Å². The summed E-state index contributed by atoms with van der Waals surface area (Å²) in [5, 5.41) is 14.2. The predicted octanol–water partition coefficient (Wildman–Crippen LogP) is 2.84. The molecule has 1 amide bonds. The summed E-state index contributed by atoms with van der Waals surface area (Å²) >= 11 is 5.90. The van der Waals surface area contributed by atoms with Crippen LogP contribution < -0.4 is 19.6 Å². The number of aromatic hydroxyl groups is 1. The molecule has 0 aliphatic heterocycles. The van der Waals surface area contributed by atoms with Crippen LogP contribution in [0.1, 0.15) is 15.9 Å². The van der Waals surface area contributed by atoms with Gasteiger partial charge in [-0.25, -0.2) is 5.43 Å². The van der Waals surface area contributed by atoms with Crippen molar-refractivity contribution in [2.24, 2.45) is 5.10 Å². The molecule has 8 heteroatoms. The van der Waals surface area contributed by atoms with E-state index in [9.17, 15) is 9.90 Å². The monoisotopic (exact) mass is 364 g/mol. The van der Waals surface area contributed by atoms with Gasteiger partial charge in [-0.15, -0.1) is 0 Å². The van der Waals surface area contributed by atoms with Crippen molar-refractivity contribution in [3.8, 4) is 23.0 Å². The molecule has 0 radical (unpaired) electrons. The van der Waals surface area contributed by atoms with Gasteiger partial charge in [-0.05, 0) is 30.3 Å². The summed E-state index contributed by atoms with van der Waals surface area (Å²) in [6.45, 7) is 0. The van der Waals surface area contributed by atoms with Crippen molar-refractivity contribution in [3.05, 3.63) is 46.5 Å². The number of carbonyl (C=O) groups excluding carboxylic acids is 1. The molecule has 0 fully saturated rings. The highest BCUT2D eigenvalue weighted by atomic mass is 35.5. The summed E-state index contributed by atoms with van der Waals surface area (Å²) in [7, 11) is 4.30. The van der Waals surface area contributed by atoms with Crippen LogP contribution in [0.2, 0.25) is 5.02 Å². The first-order valence-electron chi connectivity index (χ1n) is 7.12. The molecule has 132 valence electrons. The summed E-state index contributed by atoms with van der Waals surface area (Å²) in [5.74, 6) is 0.237. The third-order valence-electron chi connectivity index (χ3n) is 3.29. The zero-order valence-corrected chi connectivity index (χ0v) is 14.6. The Bertz CT molecular complexity index is 783. The number of phenols is 1. The molecule has 0 aliphatic carbocycles. The fourth-order valence-corrected chi connectivity index (χ4v) is 2.24. The lowest BCUT2D eigenvalue weighted by Gasteiger charge is -2.09. The third-order valence-corrected chi connectivity index (χ3v) is 3.52. The molecule has 2 rings (SSSR count). The van der Waals surface area contributed by atoms with Crippen LogP contribution in [0.5, 0.6) is 23.0 Å². The van der Waals surface area contributed by atoms with Crippen LogP contribution in [0, 0.1) is 0 Å². The number of amides is 1. The Hall–Kier alpha value is -2.93. The quantitative estimate of drug-likeness (QED) is 0.607. The number of carbonyl (C=O) groups is 1. The molecule has 0 aromatic heterocycles. The maximum atomic E-state index is 12.2. The number of phenolic OH excluding ortho intramolecular Hbond substituents is 1. The van der Waals surface area contributed by atoms with Crippen molar-refractivity contribution in [2.75, 3.05) is 21.3 Å². The number of nitrogens with one attached hydrogen (secondary N) is 1. The number of benzene rings is 2. The second-order valence-corrected chi connectivity index (χ2v) is 5.25. The minimum atomic E-state index is -0.478. The first-order valence-corrected chi connectivity index (χ1v) is 7.50. The van der Waals surface area contributed by atoms with E-state index in [-0.39, 0.29) is 22.8 Å². The lowest BCUT2D eigenvalue weighted by atomic mass is 10.2. The van der Waals surface area contributed by atoms with Crippen molar-refractivity contribution in [1.82, 2.24) is 5.43 Å². The average Bonchev–Trinajstić information content (AvgIpc) is 2.62. The Morgan fingerprint density at radius 2 is 1.68 bits per heavy atom. The standard InChI is InChI=1S/C17H17ClN2O5/c1-23-13-5-4-11(18)8-12(13)17(22)20-19-9-10-6-14(24-2)16(21)15(7-10)25-3/h4-9,21H,1-3H3,(H,20,22). The van der Waals surface area contributed by atoms with Crippen LogP contribution in [0.25, 0.3) is 0 Å². The Labute approximate surface area is 149 Å². The van der Waals surface area contributed by atoms with Crippen molar-refractivity contribution >= 4 is 23.7 Å². The van der Waals surface area contributed by atoms with Crippen molar-refractivity contribution < 1.29 is 24.1 Å². The van der Waals surface area contributed by atoms with Gasteiger partial charge in [0.15, 0.2) is 11.5 Å². The highest BCUT2D eigenvalue weighted by Crippen LogP contribution is 2.36. The average molecular weight is 365 g/mol. The summed E-state index contributed by atoms with van der Waals surface area (Å²) in [4.78, 5) is 12.2. The van der Waals surface area contributed by atoms with E-state index in [4.69, 9.17) is 25.8 Å². The highest BCUT2D eigenvalue weighted by Gasteiger charge is 2.13. The molecular weight excluding hydrogens is 348 g/mol. The molecule has 2 aromatic carbocycles. The van der Waals surface area contributed by atoms with Gasteiger partial charge in [0.05, 0.1) is 33.1 Å². The van der Waals surface area contributed by atoms with Crippen LogP contribution in [0.4, 0.5) is 0 Å². The van der Waals surface area contributed by atoms with E-state index in [0.717, 1.165) is 0 Å². The van der Waals surface area contributed by atoms with Gasteiger partial charge >= 0.3 is 0 Å². The Morgan fingerprint density at radius 1 is 1.08 bits per heavy atom. The molecule has 0 heterocycles. The van der Waals surface area contributed by atoms with Gasteiger partial charge in [0.2, 0.25) is 5.75 Å². The van der Waals surface area contributed by atoms with Crippen LogP contribution in [0.15, 0.2) is 35.4 Å². The fourth-order valence-electron chi connectivity index (χ4n) is 2.07. The zero-order valence-electron chi connectivity index (χ0n) is 13.9. The van der Waals surface area contributed by atoms with E-state index in [2.05, 4.69) is 10.5 Å². The molecule has 0 unspecified atom stereocenters. The summed E-state index contributed by atoms with van der Waals surface area (Å²) < 4.78 is 15.2. The number of hydrazone groups is 1. The van der Waals surface area contributed by atoms with Crippen molar-refractivity contribution in [2.45, 2.75) is 0 Å². The van der Waals surface area contributed by atoms with Gasteiger partial charge in [-0.3, -0.25) is 4.79 Å². The maximum Gasteiger partial charge on any atom is 0.275 e. The number of rotatable bonds is 6. The van der Waals surface area contributed by atoms with Gasteiger partial charge < -0.3 is 19.3 Å². The van der Waals surface area contributed by atoms with E-state index in [1.165, 1.54) is 33.6 Å². The normalized spacial score (nSPS) is 10.6. The minimum absolute atomic E-state index is 0.116. The molecule has 2 aromatic rings.